The molecule has 1 aromatic heterocycles. The van der Waals surface area contributed by atoms with E-state index in [4.69, 9.17) is 4.74 Å². The van der Waals surface area contributed by atoms with Crippen LogP contribution in [-0.4, -0.2) is 44.3 Å². The number of thiophene rings is 1. The molecule has 0 unspecified atom stereocenters. The lowest BCUT2D eigenvalue weighted by atomic mass is 10.2. The van der Waals surface area contributed by atoms with E-state index in [-0.39, 0.29) is 0 Å². The Labute approximate surface area is 108 Å². The average Bonchev–Trinajstić information content (AvgIpc) is 2.93. The van der Waals surface area contributed by atoms with Crippen LogP contribution in [0.4, 0.5) is 0 Å². The van der Waals surface area contributed by atoms with Crippen LogP contribution in [0.25, 0.3) is 0 Å². The first-order valence-corrected chi connectivity index (χ1v) is 7.09. The molecule has 0 amide bonds. The first kappa shape index (κ1) is 13.0. The summed E-state index contributed by atoms with van der Waals surface area (Å²) in [6, 6.07) is 5.07. The van der Waals surface area contributed by atoms with Gasteiger partial charge in [-0.2, -0.15) is 0 Å². The molecule has 0 saturated carbocycles. The average molecular weight is 254 g/mol. The highest BCUT2D eigenvalue weighted by Gasteiger charge is 2.21. The Morgan fingerprint density at radius 3 is 3.12 bits per heavy atom. The smallest absolute Gasteiger partial charge is 0.0589 e. The van der Waals surface area contributed by atoms with E-state index in [1.165, 1.54) is 22.7 Å². The number of aryl methyl sites for hydroxylation is 1. The zero-order valence-electron chi connectivity index (χ0n) is 10.7. The molecule has 0 aromatic carbocycles. The number of rotatable bonds is 6. The predicted octanol–water partition coefficient (Wildman–Crippen LogP) is 1.87. The first-order chi connectivity index (χ1) is 8.28. The van der Waals surface area contributed by atoms with E-state index in [0.29, 0.717) is 6.04 Å². The molecule has 96 valence electrons. The van der Waals surface area contributed by atoms with Crippen molar-refractivity contribution in [2.24, 2.45) is 0 Å². The number of hydrogen-bond acceptors (Lipinski definition) is 4. The molecule has 2 rings (SSSR count). The van der Waals surface area contributed by atoms with Crippen LogP contribution in [0.3, 0.4) is 0 Å². The van der Waals surface area contributed by atoms with E-state index >= 15 is 0 Å². The van der Waals surface area contributed by atoms with E-state index in [1.54, 1.807) is 7.11 Å². The van der Waals surface area contributed by atoms with Gasteiger partial charge in [0, 0.05) is 42.5 Å². The molecular weight excluding hydrogens is 232 g/mol. The third-order valence-electron chi connectivity index (χ3n) is 3.24. The van der Waals surface area contributed by atoms with Gasteiger partial charge >= 0.3 is 0 Å². The summed E-state index contributed by atoms with van der Waals surface area (Å²) >= 11 is 1.89. The second-order valence-electron chi connectivity index (χ2n) is 4.67. The van der Waals surface area contributed by atoms with Crippen molar-refractivity contribution in [1.82, 2.24) is 10.2 Å². The van der Waals surface area contributed by atoms with Gasteiger partial charge in [-0.1, -0.05) is 0 Å². The van der Waals surface area contributed by atoms with Gasteiger partial charge in [0.2, 0.25) is 0 Å². The number of hydrogen-bond donors (Lipinski definition) is 1. The fourth-order valence-electron chi connectivity index (χ4n) is 2.25. The first-order valence-electron chi connectivity index (χ1n) is 6.28. The minimum atomic E-state index is 0.647. The van der Waals surface area contributed by atoms with Gasteiger partial charge in [0.15, 0.2) is 0 Å². The molecule has 1 atom stereocenters. The molecule has 1 aliphatic rings. The molecule has 1 saturated heterocycles. The Morgan fingerprint density at radius 2 is 2.41 bits per heavy atom. The lowest BCUT2D eigenvalue weighted by Crippen LogP contribution is -2.33. The van der Waals surface area contributed by atoms with Gasteiger partial charge in [-0.15, -0.1) is 11.3 Å². The quantitative estimate of drug-likeness (QED) is 0.839. The highest BCUT2D eigenvalue weighted by Crippen LogP contribution is 2.16. The molecule has 3 nitrogen and oxygen atoms in total. The minimum absolute atomic E-state index is 0.647. The molecule has 0 aliphatic carbocycles. The Kier molecular flexibility index (Phi) is 4.98. The molecule has 1 N–H and O–H groups in total. The Balaban J connectivity index is 1.67. The number of likely N-dealkylation sites (tertiary alicyclic amines) is 1. The molecule has 1 fully saturated rings. The summed E-state index contributed by atoms with van der Waals surface area (Å²) in [6.07, 6.45) is 1.26. The lowest BCUT2D eigenvalue weighted by Gasteiger charge is -2.15. The van der Waals surface area contributed by atoms with Crippen LogP contribution in [0, 0.1) is 6.92 Å². The van der Waals surface area contributed by atoms with Crippen molar-refractivity contribution in [3.8, 4) is 0 Å². The van der Waals surface area contributed by atoms with Gasteiger partial charge in [-0.3, -0.25) is 4.90 Å². The summed E-state index contributed by atoms with van der Waals surface area (Å²) in [5, 5.41) is 3.65. The summed E-state index contributed by atoms with van der Waals surface area (Å²) in [5.41, 5.74) is 0. The van der Waals surface area contributed by atoms with Crippen LogP contribution in [-0.2, 0) is 11.3 Å². The van der Waals surface area contributed by atoms with Crippen molar-refractivity contribution < 1.29 is 4.74 Å². The summed E-state index contributed by atoms with van der Waals surface area (Å²) in [4.78, 5) is 5.31. The van der Waals surface area contributed by atoms with Crippen LogP contribution in [0.2, 0.25) is 0 Å². The molecule has 0 bridgehead atoms. The maximum absolute atomic E-state index is 5.11. The molecule has 0 spiro atoms. The fraction of sp³-hybridized carbons (Fsp3) is 0.692. The second-order valence-corrected chi connectivity index (χ2v) is 6.04. The number of nitrogens with one attached hydrogen (secondary N) is 1. The Morgan fingerprint density at radius 1 is 1.53 bits per heavy atom. The van der Waals surface area contributed by atoms with Gasteiger partial charge < -0.3 is 10.1 Å². The predicted molar refractivity (Wildman–Crippen MR) is 72.6 cm³/mol. The van der Waals surface area contributed by atoms with Crippen LogP contribution < -0.4 is 5.32 Å². The molecular formula is C13H22N2OS. The van der Waals surface area contributed by atoms with Crippen molar-refractivity contribution in [2.75, 3.05) is 33.4 Å². The highest BCUT2D eigenvalue weighted by molar-refractivity contribution is 7.11. The summed E-state index contributed by atoms with van der Waals surface area (Å²) in [5.74, 6) is 0. The standard InChI is InChI=1S/C13H22N2OS/c1-11-3-4-13(17-11)9-14-12-5-6-15(10-12)7-8-16-2/h3-4,12,14H,5-10H2,1-2H3/t12-/m1/s1. The molecule has 0 radical (unpaired) electrons. The summed E-state index contributed by atoms with van der Waals surface area (Å²) < 4.78 is 5.11. The fourth-order valence-corrected chi connectivity index (χ4v) is 3.09. The van der Waals surface area contributed by atoms with Crippen molar-refractivity contribution in [2.45, 2.75) is 25.9 Å². The topological polar surface area (TPSA) is 24.5 Å². The summed E-state index contributed by atoms with van der Waals surface area (Å²) in [6.45, 7) is 7.44. The van der Waals surface area contributed by atoms with E-state index in [0.717, 1.165) is 26.2 Å². The van der Waals surface area contributed by atoms with Gasteiger partial charge in [-0.25, -0.2) is 0 Å². The second kappa shape index (κ2) is 6.50. The Bertz CT molecular complexity index is 340. The molecule has 1 aliphatic heterocycles. The number of nitrogens with zero attached hydrogens (tertiary/aromatic N) is 1. The summed E-state index contributed by atoms with van der Waals surface area (Å²) in [7, 11) is 1.77. The van der Waals surface area contributed by atoms with Crippen LogP contribution in [0.15, 0.2) is 12.1 Å². The maximum Gasteiger partial charge on any atom is 0.0589 e. The van der Waals surface area contributed by atoms with Crippen LogP contribution >= 0.6 is 11.3 Å². The monoisotopic (exact) mass is 254 g/mol. The minimum Gasteiger partial charge on any atom is -0.383 e. The van der Waals surface area contributed by atoms with E-state index < -0.39 is 0 Å². The zero-order valence-corrected chi connectivity index (χ0v) is 11.6. The Hall–Kier alpha value is -0.420. The largest absolute Gasteiger partial charge is 0.383 e. The van der Waals surface area contributed by atoms with Crippen molar-refractivity contribution in [1.29, 1.82) is 0 Å². The van der Waals surface area contributed by atoms with Gasteiger partial charge in [0.05, 0.1) is 6.61 Å². The van der Waals surface area contributed by atoms with Gasteiger partial charge in [0.1, 0.15) is 0 Å². The highest BCUT2D eigenvalue weighted by atomic mass is 32.1. The number of ether oxygens (including phenoxy) is 1. The van der Waals surface area contributed by atoms with Crippen LogP contribution in [0.1, 0.15) is 16.2 Å². The van der Waals surface area contributed by atoms with Crippen molar-refractivity contribution >= 4 is 11.3 Å². The lowest BCUT2D eigenvalue weighted by molar-refractivity contribution is 0.159. The zero-order chi connectivity index (χ0) is 12.1. The molecule has 4 heteroatoms. The number of methoxy groups -OCH3 is 1. The third-order valence-corrected chi connectivity index (χ3v) is 4.25. The maximum atomic E-state index is 5.11. The van der Waals surface area contributed by atoms with Gasteiger partial charge in [0.25, 0.3) is 0 Å². The normalized spacial score (nSPS) is 21.2. The third kappa shape index (κ3) is 4.07. The molecule has 17 heavy (non-hydrogen) atoms. The van der Waals surface area contributed by atoms with E-state index in [2.05, 4.69) is 29.3 Å². The van der Waals surface area contributed by atoms with E-state index in [9.17, 15) is 0 Å². The van der Waals surface area contributed by atoms with Gasteiger partial charge in [-0.05, 0) is 32.0 Å². The van der Waals surface area contributed by atoms with Crippen molar-refractivity contribution in [3.63, 3.8) is 0 Å². The SMILES string of the molecule is COCCN1CC[C@@H](NCc2ccc(C)s2)C1. The van der Waals surface area contributed by atoms with Crippen molar-refractivity contribution in [3.05, 3.63) is 21.9 Å². The van der Waals surface area contributed by atoms with E-state index in [1.807, 2.05) is 11.3 Å². The molecule has 2 heterocycles. The molecule has 1 aromatic rings. The van der Waals surface area contributed by atoms with Crippen LogP contribution in [0.5, 0.6) is 0 Å².